The molecular formula is C16H20BrIN4O4. The first-order valence-electron chi connectivity index (χ1n) is 7.74. The molecule has 2 aromatic rings. The van der Waals surface area contributed by atoms with Crippen molar-refractivity contribution in [2.45, 2.75) is 52.7 Å². The third-order valence-electron chi connectivity index (χ3n) is 2.76. The summed E-state index contributed by atoms with van der Waals surface area (Å²) in [5.41, 5.74) is -1.28. The van der Waals surface area contributed by atoms with E-state index in [0.29, 0.717) is 10.3 Å². The van der Waals surface area contributed by atoms with Crippen LogP contribution in [0.3, 0.4) is 0 Å². The van der Waals surface area contributed by atoms with Gasteiger partial charge in [0.15, 0.2) is 11.5 Å². The van der Waals surface area contributed by atoms with E-state index in [4.69, 9.17) is 9.47 Å². The number of nitrogens with zero attached hydrogens (tertiary/aromatic N) is 4. The van der Waals surface area contributed by atoms with E-state index in [2.05, 4.69) is 48.5 Å². The van der Waals surface area contributed by atoms with E-state index in [0.717, 1.165) is 8.60 Å². The smallest absolute Gasteiger partial charge is 0.425 e. The van der Waals surface area contributed by atoms with Crippen molar-refractivity contribution in [1.82, 2.24) is 14.4 Å². The molecule has 8 nitrogen and oxygen atoms in total. The summed E-state index contributed by atoms with van der Waals surface area (Å²) < 4.78 is 13.7. The number of anilines is 1. The van der Waals surface area contributed by atoms with Crippen LogP contribution in [0.5, 0.6) is 0 Å². The largest absolute Gasteiger partial charge is 0.443 e. The molecule has 10 heteroatoms. The number of aromatic nitrogens is 3. The molecule has 0 atom stereocenters. The number of carbonyl (C=O) groups excluding carboxylic acids is 2. The summed E-state index contributed by atoms with van der Waals surface area (Å²) in [6, 6.07) is 0. The minimum absolute atomic E-state index is 0.0193. The Hall–Kier alpha value is -1.43. The Morgan fingerprint density at radius 2 is 1.62 bits per heavy atom. The molecule has 0 N–H and O–H groups in total. The Bertz CT molecular complexity index is 826. The fourth-order valence-corrected chi connectivity index (χ4v) is 2.81. The second-order valence-electron chi connectivity index (χ2n) is 7.46. The van der Waals surface area contributed by atoms with Gasteiger partial charge in [0.1, 0.15) is 19.5 Å². The molecule has 0 saturated heterocycles. The van der Waals surface area contributed by atoms with Crippen LogP contribution in [0.15, 0.2) is 17.0 Å². The molecule has 2 aromatic heterocycles. The third kappa shape index (κ3) is 5.06. The average Bonchev–Trinajstić information content (AvgIpc) is 2.76. The van der Waals surface area contributed by atoms with Gasteiger partial charge in [0.05, 0.1) is 6.20 Å². The second kappa shape index (κ2) is 7.29. The fourth-order valence-electron chi connectivity index (χ4n) is 1.93. The van der Waals surface area contributed by atoms with Gasteiger partial charge in [-0.15, -0.1) is 0 Å². The van der Waals surface area contributed by atoms with Gasteiger partial charge in [0.25, 0.3) is 0 Å². The number of halogens is 2. The molecule has 0 aliphatic rings. The Morgan fingerprint density at radius 3 is 2.08 bits per heavy atom. The summed E-state index contributed by atoms with van der Waals surface area (Å²) in [5, 5.41) is 0. The third-order valence-corrected chi connectivity index (χ3v) is 3.94. The first-order valence-corrected chi connectivity index (χ1v) is 9.61. The van der Waals surface area contributed by atoms with E-state index in [-0.39, 0.29) is 5.82 Å². The molecule has 142 valence electrons. The maximum atomic E-state index is 12.8. The number of carbonyl (C=O) groups is 2. The van der Waals surface area contributed by atoms with Crippen LogP contribution in [-0.4, -0.2) is 37.8 Å². The zero-order valence-corrected chi connectivity index (χ0v) is 19.1. The van der Waals surface area contributed by atoms with Gasteiger partial charge in [0.2, 0.25) is 0 Å². The minimum Gasteiger partial charge on any atom is -0.443 e. The molecule has 2 heterocycles. The van der Waals surface area contributed by atoms with Crippen LogP contribution >= 0.6 is 38.5 Å². The highest BCUT2D eigenvalue weighted by molar-refractivity contribution is 14.1. The molecule has 0 bridgehead atoms. The van der Waals surface area contributed by atoms with E-state index >= 15 is 0 Å². The van der Waals surface area contributed by atoms with Crippen molar-refractivity contribution in [3.63, 3.8) is 0 Å². The first kappa shape index (κ1) is 20.9. The molecule has 0 radical (unpaired) electrons. The summed E-state index contributed by atoms with van der Waals surface area (Å²) >= 11 is 5.39. The SMILES string of the molecule is CC(C)(C)OC(=O)N(C(=O)OC(C)(C)C)c1nc(Br)cn2c(I)cnc12. The zero-order chi connectivity index (χ0) is 19.9. The lowest BCUT2D eigenvalue weighted by Crippen LogP contribution is -2.44. The topological polar surface area (TPSA) is 86.0 Å². The van der Waals surface area contributed by atoms with Gasteiger partial charge in [-0.1, -0.05) is 0 Å². The van der Waals surface area contributed by atoms with Gasteiger partial charge in [-0.05, 0) is 80.1 Å². The molecule has 0 saturated carbocycles. The van der Waals surface area contributed by atoms with Crippen molar-refractivity contribution in [3.05, 3.63) is 20.7 Å². The summed E-state index contributed by atoms with van der Waals surface area (Å²) in [4.78, 5) is 34.8. The molecule has 0 aromatic carbocycles. The van der Waals surface area contributed by atoms with Crippen molar-refractivity contribution >= 4 is 62.2 Å². The van der Waals surface area contributed by atoms with Crippen molar-refractivity contribution < 1.29 is 19.1 Å². The molecule has 0 aliphatic carbocycles. The van der Waals surface area contributed by atoms with Crippen LogP contribution < -0.4 is 4.90 Å². The average molecular weight is 539 g/mol. The van der Waals surface area contributed by atoms with Gasteiger partial charge >= 0.3 is 12.2 Å². The number of amides is 2. The normalized spacial score (nSPS) is 12.2. The second-order valence-corrected chi connectivity index (χ2v) is 9.38. The van der Waals surface area contributed by atoms with Crippen molar-refractivity contribution in [1.29, 1.82) is 0 Å². The molecule has 2 rings (SSSR count). The highest BCUT2D eigenvalue weighted by atomic mass is 127. The Morgan fingerprint density at radius 1 is 1.12 bits per heavy atom. The van der Waals surface area contributed by atoms with Gasteiger partial charge < -0.3 is 9.47 Å². The number of imidazole rings is 1. The lowest BCUT2D eigenvalue weighted by atomic mass is 10.2. The summed E-state index contributed by atoms with van der Waals surface area (Å²) in [7, 11) is 0. The van der Waals surface area contributed by atoms with Gasteiger partial charge in [-0.2, -0.15) is 4.90 Å². The number of fused-ring (bicyclic) bond motifs is 1. The Balaban J connectivity index is 2.60. The highest BCUT2D eigenvalue weighted by Gasteiger charge is 2.35. The zero-order valence-electron chi connectivity index (χ0n) is 15.3. The van der Waals surface area contributed by atoms with Crippen molar-refractivity contribution in [2.24, 2.45) is 0 Å². The van der Waals surface area contributed by atoms with Crippen molar-refractivity contribution in [2.75, 3.05) is 4.90 Å². The standard InChI is InChI=1S/C16H20BrIN4O4/c1-15(2,3)25-13(23)22(14(24)26-16(4,5)6)12-11-19-7-10(18)21(11)8-9(17)20-12/h7-8H,1-6H3. The molecule has 0 spiro atoms. The maximum Gasteiger partial charge on any atom is 0.425 e. The predicted molar refractivity (Wildman–Crippen MR) is 108 cm³/mol. The van der Waals surface area contributed by atoms with Crippen LogP contribution in [0, 0.1) is 3.70 Å². The summed E-state index contributed by atoms with van der Waals surface area (Å²) in [5.74, 6) is 0.0193. The fraction of sp³-hybridized carbons (Fsp3) is 0.500. The van der Waals surface area contributed by atoms with Crippen LogP contribution in [0.25, 0.3) is 5.65 Å². The molecule has 0 aliphatic heterocycles. The monoisotopic (exact) mass is 538 g/mol. The van der Waals surface area contributed by atoms with E-state index in [1.807, 2.05) is 0 Å². The molecule has 0 unspecified atom stereocenters. The van der Waals surface area contributed by atoms with Gasteiger partial charge in [-0.3, -0.25) is 4.40 Å². The predicted octanol–water partition coefficient (Wildman–Crippen LogP) is 4.77. The van der Waals surface area contributed by atoms with E-state index in [1.165, 1.54) is 0 Å². The Labute approximate surface area is 173 Å². The number of hydrogen-bond donors (Lipinski definition) is 0. The van der Waals surface area contributed by atoms with Crippen LogP contribution in [0.1, 0.15) is 41.5 Å². The number of ether oxygens (including phenoxy) is 2. The van der Waals surface area contributed by atoms with Crippen LogP contribution in [0.2, 0.25) is 0 Å². The maximum absolute atomic E-state index is 12.8. The summed E-state index contributed by atoms with van der Waals surface area (Å²) in [6.07, 6.45) is 1.51. The van der Waals surface area contributed by atoms with E-state index in [1.54, 1.807) is 58.3 Å². The summed E-state index contributed by atoms with van der Waals surface area (Å²) in [6.45, 7) is 10.3. The van der Waals surface area contributed by atoms with Crippen LogP contribution in [0.4, 0.5) is 15.4 Å². The number of imide groups is 1. The van der Waals surface area contributed by atoms with Crippen molar-refractivity contribution in [3.8, 4) is 0 Å². The van der Waals surface area contributed by atoms with Crippen LogP contribution in [-0.2, 0) is 9.47 Å². The number of rotatable bonds is 1. The Kier molecular flexibility index (Phi) is 5.86. The lowest BCUT2D eigenvalue weighted by molar-refractivity contribution is 0.0429. The molecule has 0 fully saturated rings. The highest BCUT2D eigenvalue weighted by Crippen LogP contribution is 2.26. The minimum atomic E-state index is -0.891. The quantitative estimate of drug-likeness (QED) is 0.486. The van der Waals surface area contributed by atoms with Gasteiger partial charge in [0, 0.05) is 6.20 Å². The molecule has 2 amide bonds. The first-order chi connectivity index (χ1) is 11.8. The lowest BCUT2D eigenvalue weighted by Gasteiger charge is -2.28. The number of hydrogen-bond acceptors (Lipinski definition) is 6. The van der Waals surface area contributed by atoms with E-state index < -0.39 is 23.4 Å². The van der Waals surface area contributed by atoms with E-state index in [9.17, 15) is 9.59 Å². The molecule has 26 heavy (non-hydrogen) atoms. The molecular weight excluding hydrogens is 519 g/mol. The van der Waals surface area contributed by atoms with Gasteiger partial charge in [-0.25, -0.2) is 19.6 Å².